The lowest BCUT2D eigenvalue weighted by molar-refractivity contribution is 0.384. The van der Waals surface area contributed by atoms with Crippen LogP contribution in [-0.4, -0.2) is 0 Å². The van der Waals surface area contributed by atoms with Gasteiger partial charge in [-0.1, -0.05) is 35.8 Å². The molecule has 2 unspecified atom stereocenters. The largest absolute Gasteiger partial charge is 0.100 e. The van der Waals surface area contributed by atoms with E-state index in [9.17, 15) is 0 Å². The van der Waals surface area contributed by atoms with Crippen LogP contribution in [0, 0.1) is 11.8 Å². The summed E-state index contributed by atoms with van der Waals surface area (Å²) in [7, 11) is 0. The Morgan fingerprint density at radius 3 is 2.69 bits per heavy atom. The maximum absolute atomic E-state index is 3.98. The molecule has 0 N–H and O–H groups in total. The zero-order valence-electron chi connectivity index (χ0n) is 11.3. The van der Waals surface area contributed by atoms with Crippen LogP contribution in [0.3, 0.4) is 0 Å². The van der Waals surface area contributed by atoms with Crippen LogP contribution in [0.25, 0.3) is 0 Å². The molecule has 0 fully saturated rings. The predicted molar refractivity (Wildman–Crippen MR) is 73.5 cm³/mol. The van der Waals surface area contributed by atoms with Gasteiger partial charge in [0.15, 0.2) is 0 Å². The molecule has 1 rings (SSSR count). The topological polar surface area (TPSA) is 0 Å². The highest BCUT2D eigenvalue weighted by molar-refractivity contribution is 5.16. The first kappa shape index (κ1) is 13.3. The van der Waals surface area contributed by atoms with Crippen molar-refractivity contribution in [2.45, 2.75) is 53.4 Å². The van der Waals surface area contributed by atoms with E-state index in [4.69, 9.17) is 0 Å². The predicted octanol–water partition coefficient (Wildman–Crippen LogP) is 5.28. The van der Waals surface area contributed by atoms with Gasteiger partial charge in [-0.25, -0.2) is 0 Å². The fourth-order valence-corrected chi connectivity index (χ4v) is 2.59. The van der Waals surface area contributed by atoms with Crippen molar-refractivity contribution in [1.82, 2.24) is 0 Å². The zero-order chi connectivity index (χ0) is 12.1. The summed E-state index contributed by atoms with van der Waals surface area (Å²) in [6.45, 7) is 12.9. The molecule has 1 aliphatic rings. The van der Waals surface area contributed by atoms with Crippen molar-refractivity contribution in [1.29, 1.82) is 0 Å². The Morgan fingerprint density at radius 1 is 1.50 bits per heavy atom. The summed E-state index contributed by atoms with van der Waals surface area (Å²) >= 11 is 0. The van der Waals surface area contributed by atoms with Crippen molar-refractivity contribution < 1.29 is 0 Å². The molecule has 0 saturated heterocycles. The van der Waals surface area contributed by atoms with Gasteiger partial charge in [0.05, 0.1) is 0 Å². The molecule has 0 nitrogen and oxygen atoms in total. The van der Waals surface area contributed by atoms with Crippen molar-refractivity contribution in [3.8, 4) is 0 Å². The molecule has 0 heteroatoms. The van der Waals surface area contributed by atoms with Crippen molar-refractivity contribution >= 4 is 0 Å². The molecule has 0 amide bonds. The van der Waals surface area contributed by atoms with Crippen LogP contribution in [0.4, 0.5) is 0 Å². The van der Waals surface area contributed by atoms with Crippen LogP contribution in [0.1, 0.15) is 53.4 Å². The molecule has 0 aromatic carbocycles. The highest BCUT2D eigenvalue weighted by atomic mass is 14.3. The van der Waals surface area contributed by atoms with Gasteiger partial charge in [-0.15, -0.1) is 6.58 Å². The van der Waals surface area contributed by atoms with Crippen LogP contribution < -0.4 is 0 Å². The minimum atomic E-state index is 0.776. The number of allylic oxidation sites excluding steroid dienone is 5. The van der Waals surface area contributed by atoms with Gasteiger partial charge in [0.2, 0.25) is 0 Å². The van der Waals surface area contributed by atoms with Crippen LogP contribution in [0.2, 0.25) is 0 Å². The van der Waals surface area contributed by atoms with Gasteiger partial charge in [0.1, 0.15) is 0 Å². The summed E-state index contributed by atoms with van der Waals surface area (Å²) < 4.78 is 0. The van der Waals surface area contributed by atoms with Gasteiger partial charge < -0.3 is 0 Å². The third kappa shape index (κ3) is 3.66. The first-order chi connectivity index (χ1) is 7.54. The number of rotatable bonds is 4. The minimum absolute atomic E-state index is 0.776. The average Bonchev–Trinajstić information content (AvgIpc) is 2.25. The fraction of sp³-hybridized carbons (Fsp3) is 0.625. The SMILES string of the molecule is C=C(C)CCC1=CCC(/C(C)=C/C)C(C)C1. The first-order valence-electron chi connectivity index (χ1n) is 6.49. The van der Waals surface area contributed by atoms with Gasteiger partial charge in [-0.3, -0.25) is 0 Å². The molecule has 90 valence electrons. The molecule has 0 aromatic heterocycles. The second-order valence-electron chi connectivity index (χ2n) is 5.38. The lowest BCUT2D eigenvalue weighted by Gasteiger charge is -2.29. The molecular weight excluding hydrogens is 192 g/mol. The van der Waals surface area contributed by atoms with E-state index in [0.717, 1.165) is 18.3 Å². The standard InChI is InChI=1S/C16H26/c1-6-13(4)16-10-9-15(11-14(16)5)8-7-12(2)3/h6,9,14,16H,2,7-8,10-11H2,1,3-5H3/b13-6+. The lowest BCUT2D eigenvalue weighted by Crippen LogP contribution is -2.17. The molecule has 0 aliphatic heterocycles. The third-order valence-electron chi connectivity index (χ3n) is 3.84. The van der Waals surface area contributed by atoms with Crippen LogP contribution in [0.15, 0.2) is 35.5 Å². The normalized spacial score (nSPS) is 26.5. The molecule has 0 heterocycles. The molecule has 0 spiro atoms. The maximum Gasteiger partial charge on any atom is -0.0143 e. The Kier molecular flexibility index (Phi) is 5.05. The zero-order valence-corrected chi connectivity index (χ0v) is 11.3. The summed E-state index contributed by atoms with van der Waals surface area (Å²) in [4.78, 5) is 0. The minimum Gasteiger partial charge on any atom is -0.100 e. The molecule has 2 atom stereocenters. The fourth-order valence-electron chi connectivity index (χ4n) is 2.59. The molecule has 16 heavy (non-hydrogen) atoms. The summed E-state index contributed by atoms with van der Waals surface area (Å²) in [6, 6.07) is 0. The highest BCUT2D eigenvalue weighted by Gasteiger charge is 2.22. The van der Waals surface area contributed by atoms with Crippen LogP contribution >= 0.6 is 0 Å². The van der Waals surface area contributed by atoms with Crippen LogP contribution in [-0.2, 0) is 0 Å². The average molecular weight is 218 g/mol. The molecular formula is C16H26. The van der Waals surface area contributed by atoms with E-state index >= 15 is 0 Å². The third-order valence-corrected chi connectivity index (χ3v) is 3.84. The van der Waals surface area contributed by atoms with Crippen molar-refractivity contribution in [3.63, 3.8) is 0 Å². The monoisotopic (exact) mass is 218 g/mol. The van der Waals surface area contributed by atoms with Gasteiger partial charge in [-0.05, 0) is 58.3 Å². The molecule has 0 radical (unpaired) electrons. The Labute approximate surface area is 101 Å². The van der Waals surface area contributed by atoms with E-state index in [1.54, 1.807) is 11.1 Å². The van der Waals surface area contributed by atoms with E-state index in [1.807, 2.05) is 0 Å². The van der Waals surface area contributed by atoms with E-state index in [-0.39, 0.29) is 0 Å². The lowest BCUT2D eigenvalue weighted by atomic mass is 9.76. The smallest absolute Gasteiger partial charge is 0.0143 e. The summed E-state index contributed by atoms with van der Waals surface area (Å²) in [5.41, 5.74) is 4.51. The number of hydrogen-bond acceptors (Lipinski definition) is 0. The highest BCUT2D eigenvalue weighted by Crippen LogP contribution is 2.35. The first-order valence-corrected chi connectivity index (χ1v) is 6.49. The quantitative estimate of drug-likeness (QED) is 0.563. The van der Waals surface area contributed by atoms with E-state index in [1.165, 1.54) is 24.8 Å². The second kappa shape index (κ2) is 6.08. The van der Waals surface area contributed by atoms with Crippen LogP contribution in [0.5, 0.6) is 0 Å². The van der Waals surface area contributed by atoms with Gasteiger partial charge in [-0.2, -0.15) is 0 Å². The molecule has 0 aromatic rings. The van der Waals surface area contributed by atoms with E-state index < -0.39 is 0 Å². The molecule has 1 aliphatic carbocycles. The van der Waals surface area contributed by atoms with Gasteiger partial charge >= 0.3 is 0 Å². The van der Waals surface area contributed by atoms with E-state index in [0.29, 0.717) is 0 Å². The Morgan fingerprint density at radius 2 is 2.19 bits per heavy atom. The summed E-state index contributed by atoms with van der Waals surface area (Å²) in [5, 5.41) is 0. The Hall–Kier alpha value is -0.780. The van der Waals surface area contributed by atoms with Crippen molar-refractivity contribution in [2.24, 2.45) is 11.8 Å². The van der Waals surface area contributed by atoms with E-state index in [2.05, 4.69) is 46.4 Å². The molecule has 0 saturated carbocycles. The second-order valence-corrected chi connectivity index (χ2v) is 5.38. The van der Waals surface area contributed by atoms with Crippen molar-refractivity contribution in [3.05, 3.63) is 35.5 Å². The Balaban J connectivity index is 2.56. The summed E-state index contributed by atoms with van der Waals surface area (Å²) in [5.74, 6) is 1.58. The van der Waals surface area contributed by atoms with Gasteiger partial charge in [0, 0.05) is 0 Å². The van der Waals surface area contributed by atoms with Gasteiger partial charge in [0.25, 0.3) is 0 Å². The summed E-state index contributed by atoms with van der Waals surface area (Å²) in [6.07, 6.45) is 9.65. The van der Waals surface area contributed by atoms with Crippen molar-refractivity contribution in [2.75, 3.05) is 0 Å². The number of hydrogen-bond donors (Lipinski definition) is 0. The maximum atomic E-state index is 3.98. The molecule has 0 bridgehead atoms. The Bertz CT molecular complexity index is 304.